The Hall–Kier alpha value is -8.58. The number of hydrogen-bond donors (Lipinski definition) is 3. The Morgan fingerprint density at radius 2 is 0.732 bits per heavy atom. The highest BCUT2D eigenvalue weighted by Crippen LogP contribution is 2.47. The normalized spacial score (nSPS) is 14.4. The molecule has 4 heterocycles. The van der Waals surface area contributed by atoms with Gasteiger partial charge >= 0.3 is 24.3 Å². The number of hydrogen-bond acceptors (Lipinski definition) is 4. The smallest absolute Gasteiger partial charge is 0.475 e. The molecule has 10 rings (SSSR count). The molecule has 5 aliphatic rings. The number of aromatic amines is 1. The van der Waals surface area contributed by atoms with Crippen LogP contribution in [0.2, 0.25) is 0 Å². The summed E-state index contributed by atoms with van der Waals surface area (Å²) < 4.78 is 63.5. The van der Waals surface area contributed by atoms with E-state index in [9.17, 15) is 26.3 Å². The first-order valence-electron chi connectivity index (χ1n) is 22.2. The third-order valence-corrected chi connectivity index (χ3v) is 11.7. The van der Waals surface area contributed by atoms with Gasteiger partial charge in [-0.25, -0.2) is 19.6 Å². The van der Waals surface area contributed by atoms with Gasteiger partial charge in [-0.05, 0) is 98.0 Å². The molecule has 0 saturated heterocycles. The zero-order valence-electron chi connectivity index (χ0n) is 38.3. The Morgan fingerprint density at radius 1 is 0.423 bits per heavy atom. The van der Waals surface area contributed by atoms with Crippen LogP contribution in [0.15, 0.2) is 209 Å². The number of nitrogens with zero attached hydrogens (tertiary/aromatic N) is 2. The second kappa shape index (κ2) is 19.8. The zero-order valence-corrected chi connectivity index (χ0v) is 38.3. The molecule has 0 spiro atoms. The minimum Gasteiger partial charge on any atom is -0.475 e. The van der Waals surface area contributed by atoms with E-state index in [-0.39, 0.29) is 5.41 Å². The second-order valence-electron chi connectivity index (χ2n) is 17.5. The fraction of sp³-hybridized carbons (Fsp3) is 0.103. The summed E-state index contributed by atoms with van der Waals surface area (Å²) in [7, 11) is 0. The Kier molecular flexibility index (Phi) is 13.6. The van der Waals surface area contributed by atoms with Crippen molar-refractivity contribution < 1.29 is 46.1 Å². The second-order valence-corrected chi connectivity index (χ2v) is 17.5. The summed E-state index contributed by atoms with van der Waals surface area (Å²) in [4.78, 5) is 32.7. The number of carbonyl (C=O) groups is 2. The Labute approximate surface area is 404 Å². The van der Waals surface area contributed by atoms with E-state index in [0.717, 1.165) is 89.2 Å². The van der Waals surface area contributed by atoms with Gasteiger partial charge in [-0.15, -0.1) is 0 Å². The first kappa shape index (κ1) is 48.9. The molecular weight excluding hydrogens is 917 g/mol. The number of carboxylic acids is 2. The maximum atomic E-state index is 10.6. The minimum atomic E-state index is -5.08. The zero-order chi connectivity index (χ0) is 50.7. The van der Waals surface area contributed by atoms with E-state index in [1.54, 1.807) is 0 Å². The summed E-state index contributed by atoms with van der Waals surface area (Å²) in [6, 6.07) is 58.7. The Bertz CT molecular complexity index is 3230. The highest BCUT2D eigenvalue weighted by molar-refractivity contribution is 6.32. The van der Waals surface area contributed by atoms with Gasteiger partial charge < -0.3 is 15.2 Å². The molecule has 0 amide bonds. The molecule has 0 radical (unpaired) electrons. The summed E-state index contributed by atoms with van der Waals surface area (Å²) >= 11 is 0. The van der Waals surface area contributed by atoms with E-state index < -0.39 is 24.3 Å². The number of allylic oxidation sites excluding steroid dienone is 4. The Morgan fingerprint density at radius 3 is 1.03 bits per heavy atom. The molecule has 0 atom stereocenters. The quantitative estimate of drug-likeness (QED) is 0.152. The number of aliphatic imine (C=N–C) groups is 2. The number of carboxylic acid groups (broad SMARTS) is 2. The van der Waals surface area contributed by atoms with Crippen molar-refractivity contribution in [3.05, 3.63) is 249 Å². The van der Waals surface area contributed by atoms with E-state index in [0.29, 0.717) is 0 Å². The highest BCUT2D eigenvalue weighted by atomic mass is 19.4. The lowest BCUT2D eigenvalue weighted by Crippen LogP contribution is -2.21. The van der Waals surface area contributed by atoms with Gasteiger partial charge in [0, 0.05) is 33.0 Å². The van der Waals surface area contributed by atoms with Crippen LogP contribution in [0.5, 0.6) is 0 Å². The fourth-order valence-corrected chi connectivity index (χ4v) is 8.42. The van der Waals surface area contributed by atoms with Crippen LogP contribution >= 0.6 is 0 Å². The number of nitrogens with one attached hydrogen (secondary N) is 1. The van der Waals surface area contributed by atoms with Crippen LogP contribution in [0.25, 0.3) is 33.4 Å². The van der Waals surface area contributed by atoms with E-state index >= 15 is 0 Å². The van der Waals surface area contributed by atoms with Crippen molar-refractivity contribution >= 4 is 45.7 Å². The van der Waals surface area contributed by atoms with Gasteiger partial charge in [0.15, 0.2) is 0 Å². The Balaban J connectivity index is 0.000000425. The van der Waals surface area contributed by atoms with E-state index in [4.69, 9.17) is 29.8 Å². The molecular formula is C58H43F6N3O4. The molecule has 3 N–H and O–H groups in total. The molecule has 0 saturated carbocycles. The van der Waals surface area contributed by atoms with Gasteiger partial charge in [0.25, 0.3) is 0 Å². The van der Waals surface area contributed by atoms with Crippen molar-refractivity contribution in [3.63, 3.8) is 0 Å². The van der Waals surface area contributed by atoms with Gasteiger partial charge in [-0.2, -0.15) is 26.3 Å². The molecule has 4 aromatic carbocycles. The molecule has 2 aliphatic carbocycles. The van der Waals surface area contributed by atoms with Crippen molar-refractivity contribution in [1.29, 1.82) is 0 Å². The number of fused-ring (bicyclic) bond motifs is 9. The van der Waals surface area contributed by atoms with Crippen LogP contribution < -0.4 is 10.7 Å². The lowest BCUT2D eigenvalue weighted by atomic mass is 9.88. The van der Waals surface area contributed by atoms with Crippen molar-refractivity contribution in [2.45, 2.75) is 38.5 Å². The summed E-state index contributed by atoms with van der Waals surface area (Å²) in [5, 5.41) is 16.2. The third kappa shape index (κ3) is 10.7. The van der Waals surface area contributed by atoms with E-state index in [1.807, 2.05) is 0 Å². The third-order valence-electron chi connectivity index (χ3n) is 11.7. The monoisotopic (exact) mass is 959 g/mol. The lowest BCUT2D eigenvalue weighted by molar-refractivity contribution is -0.193. The molecule has 13 heteroatoms. The molecule has 8 bridgehead atoms. The molecule has 0 unspecified atom stereocenters. The van der Waals surface area contributed by atoms with Crippen LogP contribution in [-0.4, -0.2) is 50.9 Å². The molecule has 3 aliphatic heterocycles. The molecule has 1 aromatic heterocycles. The molecule has 0 fully saturated rings. The summed E-state index contributed by atoms with van der Waals surface area (Å²) in [6.07, 6.45) is -1.43. The molecule has 71 heavy (non-hydrogen) atoms. The number of aromatic nitrogens is 1. The van der Waals surface area contributed by atoms with Gasteiger partial charge in [0.1, 0.15) is 0 Å². The van der Waals surface area contributed by atoms with Crippen LogP contribution in [0.3, 0.4) is 0 Å². The van der Waals surface area contributed by atoms with Gasteiger partial charge in [0.2, 0.25) is 0 Å². The van der Waals surface area contributed by atoms with Crippen LogP contribution in [0.4, 0.5) is 26.3 Å². The standard InChI is InChI=1S/C54H41N3.2C2HF3O2/c1-54(2,3)39-24-26-40-41(27-25-39)43-34-42(40)50(35-16-8-4-9-17-35)44-28-30-46(55-44)52(37-20-12-6-13-21-37)48-32-33-49(57-48)53(38-22-14-7-15-23-38)47-31-29-45(56-47)51(43)36-18-10-5-11-19-36;2*3-2(4,5)1(6)7/h4-34,57H,1-3H3;2*(H,6,7). The maximum absolute atomic E-state index is 10.6. The predicted octanol–water partition coefficient (Wildman–Crippen LogP) is 12.3. The molecule has 356 valence electrons. The number of H-pyrrole nitrogens is 1. The molecule has 7 nitrogen and oxygen atoms in total. The summed E-state index contributed by atoms with van der Waals surface area (Å²) in [6.45, 7) is 6.84. The molecule has 5 aromatic rings. The SMILES string of the molecule is CC(C)(C)c1ccc2c3cc(c-2cc1)C(c1ccccc1)=C1C=CC(=N1)C(c1ccccc1)=c1ccc([nH]1)=C(c1ccccc1)C1=NC(=C3c2ccccc2)C=C1.O=C(O)C(F)(F)F.O=C(O)C(F)(F)F. The lowest BCUT2D eigenvalue weighted by Gasteiger charge is -2.17. The van der Waals surface area contributed by atoms with E-state index in [2.05, 4.69) is 214 Å². The fourth-order valence-electron chi connectivity index (χ4n) is 8.42. The van der Waals surface area contributed by atoms with Gasteiger partial charge in [-0.3, -0.25) is 0 Å². The van der Waals surface area contributed by atoms with Crippen molar-refractivity contribution in [2.24, 2.45) is 9.98 Å². The van der Waals surface area contributed by atoms with Gasteiger partial charge in [-0.1, -0.05) is 166 Å². The largest absolute Gasteiger partial charge is 0.490 e. The summed E-state index contributed by atoms with van der Waals surface area (Å²) in [5.74, 6) is -5.51. The number of halogens is 6. The number of aliphatic carboxylic acids is 2. The summed E-state index contributed by atoms with van der Waals surface area (Å²) in [5.41, 5.74) is 18.2. The van der Waals surface area contributed by atoms with Crippen LogP contribution in [-0.2, 0) is 15.0 Å². The average Bonchev–Trinajstić information content (AvgIpc) is 4.15. The first-order chi connectivity index (χ1) is 33.8. The topological polar surface area (TPSA) is 115 Å². The van der Waals surface area contributed by atoms with Crippen molar-refractivity contribution in [2.75, 3.05) is 0 Å². The first-order valence-corrected chi connectivity index (χ1v) is 22.2. The highest BCUT2D eigenvalue weighted by Gasteiger charge is 2.39. The predicted molar refractivity (Wildman–Crippen MR) is 265 cm³/mol. The van der Waals surface area contributed by atoms with Crippen molar-refractivity contribution in [1.82, 2.24) is 4.98 Å². The maximum Gasteiger partial charge on any atom is 0.490 e. The van der Waals surface area contributed by atoms with E-state index in [1.165, 1.54) is 16.7 Å². The average molecular weight is 960 g/mol. The number of rotatable bonds is 4. The van der Waals surface area contributed by atoms with Crippen molar-refractivity contribution in [3.8, 4) is 11.1 Å². The number of benzene rings is 4. The van der Waals surface area contributed by atoms with Crippen LogP contribution in [0, 0.1) is 0 Å². The minimum absolute atomic E-state index is 0.0309. The van der Waals surface area contributed by atoms with Gasteiger partial charge in [0.05, 0.1) is 22.8 Å². The van der Waals surface area contributed by atoms with Crippen LogP contribution in [0.1, 0.15) is 59.7 Å². The number of alkyl halides is 6.